The molecule has 2 aromatic carbocycles. The van der Waals surface area contributed by atoms with Gasteiger partial charge in [0, 0.05) is 28.7 Å². The minimum atomic E-state index is -0.436. The molecule has 0 unspecified atom stereocenters. The van der Waals surface area contributed by atoms with Crippen LogP contribution in [0.15, 0.2) is 64.6 Å². The number of carbonyl (C=O) groups is 2. The average Bonchev–Trinajstić information content (AvgIpc) is 3.33. The molecule has 174 valence electrons. The average molecular weight is 477 g/mol. The number of aromatic nitrogens is 1. The fourth-order valence-corrected chi connectivity index (χ4v) is 5.74. The van der Waals surface area contributed by atoms with Crippen LogP contribution in [0, 0.1) is 5.82 Å². The summed E-state index contributed by atoms with van der Waals surface area (Å²) in [6.45, 7) is 0.0545. The summed E-state index contributed by atoms with van der Waals surface area (Å²) in [4.78, 5) is 32.0. The first-order chi connectivity index (χ1) is 16.5. The minimum absolute atomic E-state index is 0.0545. The summed E-state index contributed by atoms with van der Waals surface area (Å²) in [5.74, 6) is -0.966. The molecule has 2 N–H and O–H groups in total. The van der Waals surface area contributed by atoms with Gasteiger partial charge in [-0.2, -0.15) is 0 Å². The quantitative estimate of drug-likeness (QED) is 0.514. The van der Waals surface area contributed by atoms with Crippen molar-refractivity contribution < 1.29 is 14.0 Å². The van der Waals surface area contributed by atoms with Crippen LogP contribution in [0.1, 0.15) is 37.7 Å². The molecule has 2 heterocycles. The molecule has 2 amide bonds. The van der Waals surface area contributed by atoms with E-state index < -0.39 is 11.7 Å². The van der Waals surface area contributed by atoms with Gasteiger partial charge >= 0.3 is 0 Å². The zero-order valence-electron chi connectivity index (χ0n) is 18.6. The van der Waals surface area contributed by atoms with Crippen LogP contribution in [0.5, 0.6) is 0 Å². The summed E-state index contributed by atoms with van der Waals surface area (Å²) < 4.78 is 16.2. The van der Waals surface area contributed by atoms with E-state index in [4.69, 9.17) is 5.73 Å². The van der Waals surface area contributed by atoms with Crippen molar-refractivity contribution in [1.29, 1.82) is 0 Å². The van der Waals surface area contributed by atoms with Gasteiger partial charge in [0.2, 0.25) is 5.91 Å². The Labute approximate surface area is 201 Å². The van der Waals surface area contributed by atoms with Gasteiger partial charge in [0.15, 0.2) is 5.17 Å². The SMILES string of the molecule is NC(=O)Cn1cc(/C=C2\SC(=Nc3ccccc3F)N(C3CCCCC3)C2=O)c2ccccc21. The number of hydrogen-bond donors (Lipinski definition) is 1. The predicted octanol–water partition coefficient (Wildman–Crippen LogP) is 5.20. The van der Waals surface area contributed by atoms with Gasteiger partial charge in [-0.25, -0.2) is 9.38 Å². The van der Waals surface area contributed by atoms with Crippen LogP contribution < -0.4 is 5.73 Å². The van der Waals surface area contributed by atoms with E-state index in [0.29, 0.717) is 10.1 Å². The van der Waals surface area contributed by atoms with E-state index in [1.165, 1.54) is 17.8 Å². The first-order valence-electron chi connectivity index (χ1n) is 11.4. The number of fused-ring (bicyclic) bond motifs is 1. The Morgan fingerprint density at radius 1 is 1.12 bits per heavy atom. The third kappa shape index (κ3) is 4.37. The molecule has 34 heavy (non-hydrogen) atoms. The van der Waals surface area contributed by atoms with Crippen molar-refractivity contribution >= 4 is 51.4 Å². The van der Waals surface area contributed by atoms with E-state index in [1.807, 2.05) is 36.5 Å². The number of amidine groups is 1. The lowest BCUT2D eigenvalue weighted by molar-refractivity contribution is -0.124. The van der Waals surface area contributed by atoms with Gasteiger partial charge in [0.1, 0.15) is 18.0 Å². The number of para-hydroxylation sites is 2. The van der Waals surface area contributed by atoms with E-state index >= 15 is 0 Å². The highest BCUT2D eigenvalue weighted by molar-refractivity contribution is 8.18. The Morgan fingerprint density at radius 2 is 1.85 bits per heavy atom. The highest BCUT2D eigenvalue weighted by Crippen LogP contribution is 2.39. The zero-order chi connectivity index (χ0) is 23.7. The molecule has 1 aliphatic carbocycles. The summed E-state index contributed by atoms with van der Waals surface area (Å²) in [7, 11) is 0. The number of thioether (sulfide) groups is 1. The summed E-state index contributed by atoms with van der Waals surface area (Å²) >= 11 is 1.27. The number of amides is 2. The van der Waals surface area contributed by atoms with Crippen LogP contribution >= 0.6 is 11.8 Å². The van der Waals surface area contributed by atoms with E-state index in [0.717, 1.165) is 48.6 Å². The summed E-state index contributed by atoms with van der Waals surface area (Å²) in [6.07, 6.45) is 8.78. The minimum Gasteiger partial charge on any atom is -0.368 e. The molecule has 0 spiro atoms. The third-order valence-electron chi connectivity index (χ3n) is 6.28. The van der Waals surface area contributed by atoms with Gasteiger partial charge < -0.3 is 10.3 Å². The lowest BCUT2D eigenvalue weighted by Crippen LogP contribution is -2.40. The number of nitrogens with two attached hydrogens (primary N) is 1. The van der Waals surface area contributed by atoms with Gasteiger partial charge in [0.05, 0.1) is 4.91 Å². The van der Waals surface area contributed by atoms with Gasteiger partial charge in [-0.3, -0.25) is 14.5 Å². The summed E-state index contributed by atoms with van der Waals surface area (Å²) in [5.41, 5.74) is 7.34. The van der Waals surface area contributed by atoms with E-state index in [9.17, 15) is 14.0 Å². The molecule has 1 saturated heterocycles. The van der Waals surface area contributed by atoms with Crippen LogP contribution in [-0.2, 0) is 16.1 Å². The number of primary amides is 1. The topological polar surface area (TPSA) is 80.7 Å². The number of benzene rings is 2. The molecular weight excluding hydrogens is 451 g/mol. The number of halogens is 1. The molecule has 0 radical (unpaired) electrons. The number of carbonyl (C=O) groups excluding carboxylic acids is 2. The second-order valence-electron chi connectivity index (χ2n) is 8.62. The molecule has 1 saturated carbocycles. The fraction of sp³-hybridized carbons (Fsp3) is 0.269. The van der Waals surface area contributed by atoms with E-state index in [2.05, 4.69) is 4.99 Å². The normalized spacial score (nSPS) is 19.6. The van der Waals surface area contributed by atoms with Crippen molar-refractivity contribution in [3.8, 4) is 0 Å². The van der Waals surface area contributed by atoms with E-state index in [-0.39, 0.29) is 24.2 Å². The first kappa shape index (κ1) is 22.4. The van der Waals surface area contributed by atoms with Crippen LogP contribution in [-0.4, -0.2) is 32.5 Å². The Hall–Kier alpha value is -3.39. The van der Waals surface area contributed by atoms with Crippen LogP contribution in [0.2, 0.25) is 0 Å². The Balaban J connectivity index is 1.57. The maximum absolute atomic E-state index is 14.4. The maximum atomic E-state index is 14.4. The lowest BCUT2D eigenvalue weighted by Gasteiger charge is -2.30. The molecule has 1 aliphatic heterocycles. The van der Waals surface area contributed by atoms with Gasteiger partial charge in [-0.05, 0) is 48.9 Å². The van der Waals surface area contributed by atoms with Crippen molar-refractivity contribution in [2.75, 3.05) is 0 Å². The number of aliphatic imine (C=N–C) groups is 1. The molecule has 3 aromatic rings. The molecule has 2 aliphatic rings. The lowest BCUT2D eigenvalue weighted by atomic mass is 9.94. The summed E-state index contributed by atoms with van der Waals surface area (Å²) in [5, 5.41) is 1.43. The molecule has 5 rings (SSSR count). The van der Waals surface area contributed by atoms with Crippen molar-refractivity contribution in [2.24, 2.45) is 10.7 Å². The highest BCUT2D eigenvalue weighted by atomic mass is 32.2. The standard InChI is InChI=1S/C26H25FN4O2S/c27-20-11-5-6-12-21(20)29-26-31(18-8-2-1-3-9-18)25(33)23(34-26)14-17-15-30(16-24(28)32)22-13-7-4-10-19(17)22/h4-7,10-15,18H,1-3,8-9,16H2,(H2,28,32)/b23-14-,29-26?. The third-order valence-corrected chi connectivity index (χ3v) is 7.26. The van der Waals surface area contributed by atoms with Crippen molar-refractivity contribution in [3.63, 3.8) is 0 Å². The Kier molecular flexibility index (Phi) is 6.24. The van der Waals surface area contributed by atoms with Crippen LogP contribution in [0.25, 0.3) is 17.0 Å². The molecular formula is C26H25FN4O2S. The largest absolute Gasteiger partial charge is 0.368 e. The van der Waals surface area contributed by atoms with Gasteiger partial charge in [0.25, 0.3) is 5.91 Å². The second kappa shape index (κ2) is 9.46. The monoisotopic (exact) mass is 476 g/mol. The molecule has 0 atom stereocenters. The predicted molar refractivity (Wildman–Crippen MR) is 134 cm³/mol. The smallest absolute Gasteiger partial charge is 0.267 e. The molecule has 0 bridgehead atoms. The van der Waals surface area contributed by atoms with Crippen molar-refractivity contribution in [2.45, 2.75) is 44.7 Å². The maximum Gasteiger partial charge on any atom is 0.267 e. The van der Waals surface area contributed by atoms with Gasteiger partial charge in [-0.1, -0.05) is 49.6 Å². The number of rotatable bonds is 5. The Bertz CT molecular complexity index is 1320. The van der Waals surface area contributed by atoms with Crippen molar-refractivity contribution in [3.05, 3.63) is 71.0 Å². The zero-order valence-corrected chi connectivity index (χ0v) is 19.4. The summed E-state index contributed by atoms with van der Waals surface area (Å²) in [6, 6.07) is 14.1. The Morgan fingerprint density at radius 3 is 2.62 bits per heavy atom. The molecule has 8 heteroatoms. The second-order valence-corrected chi connectivity index (χ2v) is 9.63. The molecule has 2 fully saturated rings. The molecule has 6 nitrogen and oxygen atoms in total. The van der Waals surface area contributed by atoms with Crippen LogP contribution in [0.4, 0.5) is 10.1 Å². The van der Waals surface area contributed by atoms with E-state index in [1.54, 1.807) is 27.7 Å². The number of hydrogen-bond acceptors (Lipinski definition) is 4. The first-order valence-corrected chi connectivity index (χ1v) is 12.3. The molecule has 1 aromatic heterocycles. The fourth-order valence-electron chi connectivity index (χ4n) is 4.70. The van der Waals surface area contributed by atoms with Crippen LogP contribution in [0.3, 0.4) is 0 Å². The van der Waals surface area contributed by atoms with Gasteiger partial charge in [-0.15, -0.1) is 0 Å². The number of nitrogens with zero attached hydrogens (tertiary/aromatic N) is 3. The highest BCUT2D eigenvalue weighted by Gasteiger charge is 2.39. The van der Waals surface area contributed by atoms with Crippen molar-refractivity contribution in [1.82, 2.24) is 9.47 Å².